The van der Waals surface area contributed by atoms with Gasteiger partial charge in [0.1, 0.15) is 12.4 Å². The summed E-state index contributed by atoms with van der Waals surface area (Å²) in [4.78, 5) is 11.3. The molecule has 0 radical (unpaired) electrons. The average molecular weight is 243 g/mol. The van der Waals surface area contributed by atoms with E-state index in [2.05, 4.69) is 0 Å². The number of hydrogen-bond acceptors (Lipinski definition) is 3. The van der Waals surface area contributed by atoms with Gasteiger partial charge < -0.3 is 9.47 Å². The Kier molecular flexibility index (Phi) is 5.12. The molecule has 0 aliphatic rings. The van der Waals surface area contributed by atoms with E-state index in [0.717, 1.165) is 0 Å². The van der Waals surface area contributed by atoms with E-state index in [1.807, 2.05) is 0 Å². The third kappa shape index (κ3) is 4.11. The van der Waals surface area contributed by atoms with Crippen LogP contribution in [0.3, 0.4) is 0 Å². The number of hydrogen-bond donors (Lipinski definition) is 0. The van der Waals surface area contributed by atoms with Crippen molar-refractivity contribution < 1.29 is 14.3 Å². The van der Waals surface area contributed by atoms with Crippen LogP contribution in [-0.4, -0.2) is 19.2 Å². The molecule has 88 valence electrons. The maximum absolute atomic E-state index is 11.3. The molecule has 0 amide bonds. The van der Waals surface area contributed by atoms with Gasteiger partial charge in [-0.15, -0.1) is 0 Å². The number of ether oxygens (including phenoxy) is 2. The maximum atomic E-state index is 11.3. The van der Waals surface area contributed by atoms with Crippen LogP contribution in [0.2, 0.25) is 5.02 Å². The fourth-order valence-corrected chi connectivity index (χ4v) is 1.23. The van der Waals surface area contributed by atoms with E-state index < -0.39 is 0 Å². The van der Waals surface area contributed by atoms with Crippen LogP contribution in [-0.2, 0) is 9.53 Å². The van der Waals surface area contributed by atoms with Crippen molar-refractivity contribution >= 4 is 17.6 Å². The highest BCUT2D eigenvalue weighted by Gasteiger charge is 2.14. The fourth-order valence-electron chi connectivity index (χ4n) is 1.10. The predicted octanol–water partition coefficient (Wildman–Crippen LogP) is 2.92. The highest BCUT2D eigenvalue weighted by Crippen LogP contribution is 2.16. The summed E-state index contributed by atoms with van der Waals surface area (Å²) in [6.45, 7) is 4.25. The summed E-state index contributed by atoms with van der Waals surface area (Å²) in [5.74, 6) is 0.188. The van der Waals surface area contributed by atoms with E-state index >= 15 is 0 Å². The summed E-state index contributed by atoms with van der Waals surface area (Å²) < 4.78 is 10.3. The molecule has 0 saturated heterocycles. The quantitative estimate of drug-likeness (QED) is 0.745. The van der Waals surface area contributed by atoms with Gasteiger partial charge in [0.15, 0.2) is 0 Å². The normalized spacial score (nSPS) is 11.9. The number of esters is 1. The van der Waals surface area contributed by atoms with Crippen LogP contribution in [0.15, 0.2) is 24.3 Å². The minimum absolute atomic E-state index is 0.239. The molecule has 0 spiro atoms. The molecule has 0 aliphatic carbocycles. The summed E-state index contributed by atoms with van der Waals surface area (Å²) in [5.41, 5.74) is 0. The van der Waals surface area contributed by atoms with E-state index in [9.17, 15) is 4.79 Å². The predicted molar refractivity (Wildman–Crippen MR) is 62.7 cm³/mol. The largest absolute Gasteiger partial charge is 0.493 e. The van der Waals surface area contributed by atoms with Crippen molar-refractivity contribution in [3.05, 3.63) is 29.3 Å². The smallest absolute Gasteiger partial charge is 0.312 e. The molecule has 1 aromatic carbocycles. The van der Waals surface area contributed by atoms with Gasteiger partial charge in [0.25, 0.3) is 0 Å². The van der Waals surface area contributed by atoms with E-state index in [4.69, 9.17) is 21.1 Å². The van der Waals surface area contributed by atoms with E-state index in [0.29, 0.717) is 24.0 Å². The van der Waals surface area contributed by atoms with Crippen molar-refractivity contribution in [2.75, 3.05) is 13.2 Å². The molecule has 0 bridgehead atoms. The number of benzene rings is 1. The first kappa shape index (κ1) is 12.8. The van der Waals surface area contributed by atoms with Gasteiger partial charge in [-0.2, -0.15) is 0 Å². The van der Waals surface area contributed by atoms with Crippen LogP contribution in [0.1, 0.15) is 13.8 Å². The van der Waals surface area contributed by atoms with Gasteiger partial charge in [-0.1, -0.05) is 11.6 Å². The number of rotatable bonds is 5. The zero-order valence-electron chi connectivity index (χ0n) is 9.40. The lowest BCUT2D eigenvalue weighted by atomic mass is 10.2. The molecule has 4 heteroatoms. The Morgan fingerprint density at radius 1 is 1.38 bits per heavy atom. The first-order chi connectivity index (χ1) is 7.63. The molecule has 0 saturated carbocycles. The summed E-state index contributed by atoms with van der Waals surface area (Å²) in [6, 6.07) is 7.01. The van der Waals surface area contributed by atoms with Gasteiger partial charge in [-0.25, -0.2) is 0 Å². The molecule has 1 rings (SSSR count). The van der Waals surface area contributed by atoms with Gasteiger partial charge in [-0.3, -0.25) is 4.79 Å². The Morgan fingerprint density at radius 3 is 2.56 bits per heavy atom. The van der Waals surface area contributed by atoms with Gasteiger partial charge in [-0.05, 0) is 38.1 Å². The van der Waals surface area contributed by atoms with Crippen LogP contribution in [0.5, 0.6) is 5.75 Å². The minimum atomic E-state index is -0.268. The first-order valence-electron chi connectivity index (χ1n) is 5.18. The van der Waals surface area contributed by atoms with Crippen LogP contribution in [0.25, 0.3) is 0 Å². The van der Waals surface area contributed by atoms with Crippen LogP contribution >= 0.6 is 11.6 Å². The molecule has 0 aromatic heterocycles. The molecule has 1 unspecified atom stereocenters. The number of halogens is 1. The lowest BCUT2D eigenvalue weighted by Crippen LogP contribution is -2.21. The zero-order valence-corrected chi connectivity index (χ0v) is 10.2. The summed E-state index contributed by atoms with van der Waals surface area (Å²) >= 11 is 5.74. The summed E-state index contributed by atoms with van der Waals surface area (Å²) in [5, 5.41) is 0.658. The maximum Gasteiger partial charge on any atom is 0.312 e. The molecule has 1 atom stereocenters. The van der Waals surface area contributed by atoms with Crippen LogP contribution < -0.4 is 4.74 Å². The molecular weight excluding hydrogens is 228 g/mol. The van der Waals surface area contributed by atoms with Gasteiger partial charge >= 0.3 is 5.97 Å². The molecule has 3 nitrogen and oxygen atoms in total. The van der Waals surface area contributed by atoms with E-state index in [1.165, 1.54) is 0 Å². The monoisotopic (exact) mass is 242 g/mol. The topological polar surface area (TPSA) is 35.5 Å². The zero-order chi connectivity index (χ0) is 12.0. The molecule has 0 aliphatic heterocycles. The fraction of sp³-hybridized carbons (Fsp3) is 0.417. The lowest BCUT2D eigenvalue weighted by Gasteiger charge is -2.11. The van der Waals surface area contributed by atoms with E-state index in [1.54, 1.807) is 38.1 Å². The standard InChI is InChI=1S/C12H15ClO3/c1-3-15-12(14)9(2)8-16-11-6-4-10(13)5-7-11/h4-7,9H,3,8H2,1-2H3. The van der Waals surface area contributed by atoms with Crippen molar-refractivity contribution in [1.82, 2.24) is 0 Å². The van der Waals surface area contributed by atoms with E-state index in [-0.39, 0.29) is 11.9 Å². The first-order valence-corrected chi connectivity index (χ1v) is 5.56. The molecule has 0 N–H and O–H groups in total. The minimum Gasteiger partial charge on any atom is -0.493 e. The Bertz CT molecular complexity index is 335. The Labute approximate surface area is 100 Å². The van der Waals surface area contributed by atoms with Crippen molar-refractivity contribution in [2.45, 2.75) is 13.8 Å². The van der Waals surface area contributed by atoms with Crippen molar-refractivity contribution in [2.24, 2.45) is 5.92 Å². The highest BCUT2D eigenvalue weighted by atomic mass is 35.5. The Morgan fingerprint density at radius 2 is 2.00 bits per heavy atom. The third-order valence-electron chi connectivity index (χ3n) is 2.00. The molecule has 0 heterocycles. The average Bonchev–Trinajstić information content (AvgIpc) is 2.28. The SMILES string of the molecule is CCOC(=O)C(C)COc1ccc(Cl)cc1. The van der Waals surface area contributed by atoms with Gasteiger partial charge in [0.2, 0.25) is 0 Å². The van der Waals surface area contributed by atoms with Gasteiger partial charge in [0.05, 0.1) is 12.5 Å². The van der Waals surface area contributed by atoms with Gasteiger partial charge in [0, 0.05) is 5.02 Å². The Balaban J connectivity index is 2.39. The molecule has 16 heavy (non-hydrogen) atoms. The van der Waals surface area contributed by atoms with Crippen LogP contribution in [0, 0.1) is 5.92 Å². The van der Waals surface area contributed by atoms with Crippen LogP contribution in [0.4, 0.5) is 0 Å². The molecular formula is C12H15ClO3. The second-order valence-corrected chi connectivity index (χ2v) is 3.85. The number of carbonyl (C=O) groups is 1. The van der Waals surface area contributed by atoms with Crippen molar-refractivity contribution in [1.29, 1.82) is 0 Å². The number of carbonyl (C=O) groups excluding carboxylic acids is 1. The highest BCUT2D eigenvalue weighted by molar-refractivity contribution is 6.30. The second kappa shape index (κ2) is 6.38. The van der Waals surface area contributed by atoms with Crippen molar-refractivity contribution in [3.63, 3.8) is 0 Å². The molecule has 0 fully saturated rings. The molecule has 1 aromatic rings. The third-order valence-corrected chi connectivity index (χ3v) is 2.25. The lowest BCUT2D eigenvalue weighted by molar-refractivity contribution is -0.148. The van der Waals surface area contributed by atoms with Crippen molar-refractivity contribution in [3.8, 4) is 5.75 Å². The summed E-state index contributed by atoms with van der Waals surface area (Å²) in [7, 11) is 0. The summed E-state index contributed by atoms with van der Waals surface area (Å²) in [6.07, 6.45) is 0. The Hall–Kier alpha value is -1.22. The second-order valence-electron chi connectivity index (χ2n) is 3.42.